The van der Waals surface area contributed by atoms with Crippen LogP contribution in [0.25, 0.3) is 0 Å². The van der Waals surface area contributed by atoms with Gasteiger partial charge in [-0.05, 0) is 19.8 Å². The fourth-order valence-electron chi connectivity index (χ4n) is 2.63. The number of rotatable bonds is 3. The fourth-order valence-corrected chi connectivity index (χ4v) is 2.63. The van der Waals surface area contributed by atoms with Crippen molar-refractivity contribution in [3.05, 3.63) is 12.2 Å². The van der Waals surface area contributed by atoms with Crippen molar-refractivity contribution < 1.29 is 14.7 Å². The molecule has 0 aromatic carbocycles. The van der Waals surface area contributed by atoms with Gasteiger partial charge in [0.25, 0.3) is 0 Å². The van der Waals surface area contributed by atoms with Crippen LogP contribution in [-0.2, 0) is 11.8 Å². The normalized spacial score (nSPS) is 20.7. The molecule has 21 heavy (non-hydrogen) atoms. The number of hydrogen-bond acceptors (Lipinski definition) is 4. The molecule has 0 radical (unpaired) electrons. The maximum atomic E-state index is 12.4. The molecule has 0 bridgehead atoms. The van der Waals surface area contributed by atoms with Gasteiger partial charge in [-0.25, -0.2) is 9.59 Å². The van der Waals surface area contributed by atoms with Crippen molar-refractivity contribution in [2.75, 3.05) is 6.54 Å². The molecule has 0 saturated carbocycles. The van der Waals surface area contributed by atoms with Crippen molar-refractivity contribution in [3.63, 3.8) is 0 Å². The topological polar surface area (TPSA) is 100 Å². The predicted octanol–water partition coefficient (Wildman–Crippen LogP) is 0.915. The number of urea groups is 1. The minimum Gasteiger partial charge on any atom is -0.480 e. The quantitative estimate of drug-likeness (QED) is 0.863. The molecule has 1 saturated heterocycles. The zero-order chi connectivity index (χ0) is 15.4. The molecular weight excluding hydrogens is 274 g/mol. The lowest BCUT2D eigenvalue weighted by Gasteiger charge is -2.28. The molecule has 1 aliphatic rings. The number of aryl methyl sites for hydroxylation is 1. The lowest BCUT2D eigenvalue weighted by molar-refractivity contribution is -0.142. The van der Waals surface area contributed by atoms with Crippen molar-refractivity contribution in [3.8, 4) is 0 Å². The number of amides is 2. The molecular formula is C13H21N5O3. The third-order valence-electron chi connectivity index (χ3n) is 3.77. The fraction of sp³-hybridized carbons (Fsp3) is 0.692. The van der Waals surface area contributed by atoms with E-state index in [9.17, 15) is 14.7 Å². The molecule has 8 heteroatoms. The van der Waals surface area contributed by atoms with E-state index in [2.05, 4.69) is 15.5 Å². The van der Waals surface area contributed by atoms with Crippen LogP contribution in [-0.4, -0.2) is 49.4 Å². The summed E-state index contributed by atoms with van der Waals surface area (Å²) in [5.41, 5.74) is 0. The summed E-state index contributed by atoms with van der Waals surface area (Å²) in [4.78, 5) is 25.1. The molecule has 0 spiro atoms. The third kappa shape index (κ3) is 3.50. The van der Waals surface area contributed by atoms with Gasteiger partial charge in [0.2, 0.25) is 0 Å². The molecule has 2 N–H and O–H groups in total. The average Bonchev–Trinajstić information content (AvgIpc) is 2.72. The number of carbonyl (C=O) groups excluding carboxylic acids is 1. The number of nitrogens with one attached hydrogen (secondary N) is 1. The minimum atomic E-state index is -0.946. The number of carboxylic acid groups (broad SMARTS) is 1. The lowest BCUT2D eigenvalue weighted by atomic mass is 10.1. The van der Waals surface area contributed by atoms with Crippen LogP contribution in [0, 0.1) is 0 Å². The molecule has 2 amide bonds. The number of carboxylic acids is 1. The summed E-state index contributed by atoms with van der Waals surface area (Å²) in [7, 11) is 1.80. The first-order chi connectivity index (χ1) is 10.0. The number of nitrogens with zero attached hydrogens (tertiary/aromatic N) is 4. The Bertz CT molecular complexity index is 516. The third-order valence-corrected chi connectivity index (χ3v) is 3.77. The second-order valence-electron chi connectivity index (χ2n) is 5.37. The van der Waals surface area contributed by atoms with E-state index in [0.717, 1.165) is 19.3 Å². The first kappa shape index (κ1) is 15.3. The summed E-state index contributed by atoms with van der Waals surface area (Å²) in [6.45, 7) is 2.27. The van der Waals surface area contributed by atoms with Crippen molar-refractivity contribution in [2.24, 2.45) is 7.05 Å². The van der Waals surface area contributed by atoms with Crippen LogP contribution in [0.2, 0.25) is 0 Å². The van der Waals surface area contributed by atoms with Crippen molar-refractivity contribution in [1.29, 1.82) is 0 Å². The van der Waals surface area contributed by atoms with E-state index in [0.29, 0.717) is 18.8 Å². The van der Waals surface area contributed by atoms with Gasteiger partial charge < -0.3 is 19.9 Å². The SMILES string of the molecule is CC(NC(=O)N1CCCCCC1C(=O)O)c1nncn1C. The zero-order valence-electron chi connectivity index (χ0n) is 12.3. The highest BCUT2D eigenvalue weighted by molar-refractivity contribution is 5.82. The van der Waals surface area contributed by atoms with Crippen LogP contribution < -0.4 is 5.32 Å². The summed E-state index contributed by atoms with van der Waals surface area (Å²) in [5, 5.41) is 19.8. The minimum absolute atomic E-state index is 0.331. The Hall–Kier alpha value is -2.12. The second-order valence-corrected chi connectivity index (χ2v) is 5.37. The van der Waals surface area contributed by atoms with Crippen LogP contribution in [0.15, 0.2) is 6.33 Å². The number of likely N-dealkylation sites (tertiary alicyclic amines) is 1. The van der Waals surface area contributed by atoms with E-state index in [1.54, 1.807) is 24.9 Å². The molecule has 2 rings (SSSR count). The van der Waals surface area contributed by atoms with E-state index in [1.807, 2.05) is 0 Å². The van der Waals surface area contributed by atoms with E-state index in [-0.39, 0.29) is 12.1 Å². The predicted molar refractivity (Wildman–Crippen MR) is 74.5 cm³/mol. The maximum Gasteiger partial charge on any atom is 0.326 e. The Morgan fingerprint density at radius 2 is 2.19 bits per heavy atom. The molecule has 1 aromatic heterocycles. The summed E-state index contributed by atoms with van der Waals surface area (Å²) < 4.78 is 1.72. The van der Waals surface area contributed by atoms with Gasteiger partial charge >= 0.3 is 12.0 Å². The van der Waals surface area contributed by atoms with Crippen molar-refractivity contribution >= 4 is 12.0 Å². The van der Waals surface area contributed by atoms with Gasteiger partial charge in [0.1, 0.15) is 12.4 Å². The van der Waals surface area contributed by atoms with Crippen LogP contribution in [0.5, 0.6) is 0 Å². The molecule has 2 heterocycles. The van der Waals surface area contributed by atoms with Crippen LogP contribution in [0.1, 0.15) is 44.5 Å². The molecule has 8 nitrogen and oxygen atoms in total. The Labute approximate surface area is 123 Å². The summed E-state index contributed by atoms with van der Waals surface area (Å²) in [5.74, 6) is -0.316. The number of carbonyl (C=O) groups is 2. The lowest BCUT2D eigenvalue weighted by Crippen LogP contribution is -2.49. The highest BCUT2D eigenvalue weighted by atomic mass is 16.4. The first-order valence-corrected chi connectivity index (χ1v) is 7.14. The maximum absolute atomic E-state index is 12.4. The molecule has 2 unspecified atom stereocenters. The molecule has 2 atom stereocenters. The molecule has 1 fully saturated rings. The largest absolute Gasteiger partial charge is 0.480 e. The van der Waals surface area contributed by atoms with Gasteiger partial charge in [0, 0.05) is 13.6 Å². The zero-order valence-corrected chi connectivity index (χ0v) is 12.3. The number of aromatic nitrogens is 3. The second kappa shape index (κ2) is 6.55. The van der Waals surface area contributed by atoms with E-state index in [4.69, 9.17) is 0 Å². The van der Waals surface area contributed by atoms with Gasteiger partial charge in [-0.3, -0.25) is 0 Å². The van der Waals surface area contributed by atoms with Crippen molar-refractivity contribution in [1.82, 2.24) is 25.0 Å². The Morgan fingerprint density at radius 1 is 1.43 bits per heavy atom. The van der Waals surface area contributed by atoms with E-state index < -0.39 is 12.0 Å². The summed E-state index contributed by atoms with van der Waals surface area (Å²) >= 11 is 0. The molecule has 1 aromatic rings. The highest BCUT2D eigenvalue weighted by Crippen LogP contribution is 2.18. The molecule has 0 aliphatic carbocycles. The molecule has 1 aliphatic heterocycles. The number of hydrogen-bond donors (Lipinski definition) is 2. The standard InChI is InChI=1S/C13H21N5O3/c1-9(11-16-14-8-17(11)2)15-13(21)18-7-5-3-4-6-10(18)12(19)20/h8-10H,3-7H2,1-2H3,(H,15,21)(H,19,20). The Kier molecular flexibility index (Phi) is 4.77. The van der Waals surface area contributed by atoms with Crippen LogP contribution >= 0.6 is 0 Å². The Balaban J connectivity index is 2.06. The highest BCUT2D eigenvalue weighted by Gasteiger charge is 2.31. The first-order valence-electron chi connectivity index (χ1n) is 7.14. The Morgan fingerprint density at radius 3 is 2.81 bits per heavy atom. The van der Waals surface area contributed by atoms with Crippen LogP contribution in [0.3, 0.4) is 0 Å². The van der Waals surface area contributed by atoms with E-state index in [1.165, 1.54) is 4.90 Å². The van der Waals surface area contributed by atoms with Gasteiger partial charge in [-0.1, -0.05) is 12.8 Å². The monoisotopic (exact) mass is 295 g/mol. The van der Waals surface area contributed by atoms with E-state index >= 15 is 0 Å². The van der Waals surface area contributed by atoms with Gasteiger partial charge in [0.15, 0.2) is 5.82 Å². The summed E-state index contributed by atoms with van der Waals surface area (Å²) in [6.07, 6.45) is 4.67. The number of aliphatic carboxylic acids is 1. The van der Waals surface area contributed by atoms with Crippen molar-refractivity contribution in [2.45, 2.75) is 44.7 Å². The van der Waals surface area contributed by atoms with Gasteiger partial charge in [-0.2, -0.15) is 0 Å². The average molecular weight is 295 g/mol. The molecule has 116 valence electrons. The van der Waals surface area contributed by atoms with Gasteiger partial charge in [0.05, 0.1) is 6.04 Å². The van der Waals surface area contributed by atoms with Gasteiger partial charge in [-0.15, -0.1) is 10.2 Å². The summed E-state index contributed by atoms with van der Waals surface area (Å²) in [6, 6.07) is -1.44. The van der Waals surface area contributed by atoms with Crippen LogP contribution in [0.4, 0.5) is 4.79 Å². The smallest absolute Gasteiger partial charge is 0.326 e.